The van der Waals surface area contributed by atoms with Crippen molar-refractivity contribution in [1.82, 2.24) is 0 Å². The van der Waals surface area contributed by atoms with Gasteiger partial charge in [0.05, 0.1) is 19.8 Å². The maximum absolute atomic E-state index is 12.9. The molecule has 3 unspecified atom stereocenters. The highest BCUT2D eigenvalue weighted by atomic mass is 31.2. The summed E-state index contributed by atoms with van der Waals surface area (Å²) in [4.78, 5) is 48.5. The predicted octanol–water partition coefficient (Wildman–Crippen LogP) is 16.7. The van der Waals surface area contributed by atoms with E-state index in [9.17, 15) is 28.9 Å². The Balaban J connectivity index is 4.79. The van der Waals surface area contributed by atoms with Gasteiger partial charge in [0.2, 0.25) is 0 Å². The minimum Gasteiger partial charge on any atom is -0.462 e. The van der Waals surface area contributed by atoms with Crippen molar-refractivity contribution in [3.8, 4) is 0 Å². The van der Waals surface area contributed by atoms with E-state index in [0.717, 1.165) is 128 Å². The van der Waals surface area contributed by atoms with Crippen LogP contribution in [0.15, 0.2) is 85.1 Å². The summed E-state index contributed by atoms with van der Waals surface area (Å²) in [7, 11) is -4.76. The lowest BCUT2D eigenvalue weighted by Gasteiger charge is -2.21. The Kier molecular flexibility index (Phi) is 51.4. The van der Waals surface area contributed by atoms with Gasteiger partial charge in [-0.1, -0.05) is 189 Å². The summed E-state index contributed by atoms with van der Waals surface area (Å²) < 4.78 is 39.4. The summed E-state index contributed by atoms with van der Waals surface area (Å²) >= 11 is 0. The molecule has 0 saturated heterocycles. The largest absolute Gasteiger partial charge is 0.472 e. The second-order valence-electron chi connectivity index (χ2n) is 18.7. The van der Waals surface area contributed by atoms with Gasteiger partial charge >= 0.3 is 25.7 Å². The van der Waals surface area contributed by atoms with Gasteiger partial charge in [0.1, 0.15) is 12.7 Å². The quantitative estimate of drug-likeness (QED) is 0.0197. The van der Waals surface area contributed by atoms with Crippen molar-refractivity contribution in [2.24, 2.45) is 0 Å². The number of aliphatic hydroxyl groups is 1. The second kappa shape index (κ2) is 53.9. The van der Waals surface area contributed by atoms with Crippen LogP contribution in [0, 0.1) is 0 Å². The lowest BCUT2D eigenvalue weighted by atomic mass is 10.1. The molecule has 0 aliphatic heterocycles. The second-order valence-corrected chi connectivity index (χ2v) is 20.2. The van der Waals surface area contributed by atoms with Gasteiger partial charge in [-0.15, -0.1) is 0 Å². The first-order valence-electron chi connectivity index (χ1n) is 28.5. The molecule has 0 aliphatic carbocycles. The fourth-order valence-electron chi connectivity index (χ4n) is 7.43. The molecule has 0 aliphatic rings. The van der Waals surface area contributed by atoms with Gasteiger partial charge in [-0.05, 0) is 116 Å². The summed E-state index contributed by atoms with van der Waals surface area (Å²) in [5.41, 5.74) is 0. The average Bonchev–Trinajstić information content (AvgIpc) is 3.37. The van der Waals surface area contributed by atoms with Crippen LogP contribution in [0.4, 0.5) is 0 Å². The molecule has 72 heavy (non-hydrogen) atoms. The average molecular weight is 1030 g/mol. The van der Waals surface area contributed by atoms with Crippen molar-refractivity contribution in [1.29, 1.82) is 0 Å². The number of unbranched alkanes of at least 4 members (excludes halogenated alkanes) is 21. The maximum Gasteiger partial charge on any atom is 0.472 e. The number of hydrogen-bond acceptors (Lipinski definition) is 10. The molecule has 11 nitrogen and oxygen atoms in total. The van der Waals surface area contributed by atoms with Crippen molar-refractivity contribution in [2.45, 2.75) is 251 Å². The zero-order chi connectivity index (χ0) is 52.7. The van der Waals surface area contributed by atoms with Crippen LogP contribution in [0.25, 0.3) is 0 Å². The number of carbonyl (C=O) groups excluding carboxylic acids is 3. The Morgan fingerprint density at radius 2 is 0.722 bits per heavy atom. The smallest absolute Gasteiger partial charge is 0.462 e. The Morgan fingerprint density at radius 1 is 0.403 bits per heavy atom. The van der Waals surface area contributed by atoms with E-state index in [0.29, 0.717) is 19.3 Å². The van der Waals surface area contributed by atoms with Crippen LogP contribution in [-0.2, 0) is 42.2 Å². The molecule has 0 amide bonds. The Labute approximate surface area is 439 Å². The van der Waals surface area contributed by atoms with Crippen LogP contribution in [0.5, 0.6) is 0 Å². The topological polar surface area (TPSA) is 155 Å². The molecule has 0 saturated carbocycles. The molecular weight excluding hydrogens is 928 g/mol. The third kappa shape index (κ3) is 51.6. The molecular formula is C60H103O11P. The highest BCUT2D eigenvalue weighted by Crippen LogP contribution is 2.43. The molecule has 0 aromatic rings. The van der Waals surface area contributed by atoms with Gasteiger partial charge in [-0.3, -0.25) is 23.4 Å². The zero-order valence-corrected chi connectivity index (χ0v) is 46.5. The first-order valence-corrected chi connectivity index (χ1v) is 30.0. The maximum atomic E-state index is 12.9. The Bertz CT molecular complexity index is 1530. The molecule has 0 spiro atoms. The number of aliphatic hydroxyl groups excluding tert-OH is 1. The highest BCUT2D eigenvalue weighted by molar-refractivity contribution is 7.47. The van der Waals surface area contributed by atoms with E-state index in [1.807, 2.05) is 0 Å². The Hall–Kier alpha value is -3.34. The SMILES string of the molecule is CC/C=C\C/C=C\C/C=C\CCCCCC(=O)OCC(COP(=O)(O)OCC(CO)OC(=O)CCCCCCC/C=C\CCCCCC)OC(=O)CCCCCCCC/C=C\C/C=C\C/C=C\CCCCC. The van der Waals surface area contributed by atoms with Crippen LogP contribution in [0.3, 0.4) is 0 Å². The van der Waals surface area contributed by atoms with Gasteiger partial charge < -0.3 is 24.2 Å². The van der Waals surface area contributed by atoms with Crippen LogP contribution < -0.4 is 0 Å². The van der Waals surface area contributed by atoms with Crippen molar-refractivity contribution in [2.75, 3.05) is 26.4 Å². The third-order valence-electron chi connectivity index (χ3n) is 11.8. The molecule has 0 radical (unpaired) electrons. The molecule has 3 atom stereocenters. The number of allylic oxidation sites excluding steroid dienone is 14. The normalized spacial score (nSPS) is 14.0. The molecule has 0 rings (SSSR count). The zero-order valence-electron chi connectivity index (χ0n) is 45.6. The fourth-order valence-corrected chi connectivity index (χ4v) is 8.21. The molecule has 0 fully saturated rings. The van der Waals surface area contributed by atoms with Gasteiger partial charge in [-0.2, -0.15) is 0 Å². The molecule has 12 heteroatoms. The predicted molar refractivity (Wildman–Crippen MR) is 298 cm³/mol. The van der Waals surface area contributed by atoms with Gasteiger partial charge in [0.25, 0.3) is 0 Å². The molecule has 0 aromatic heterocycles. The summed E-state index contributed by atoms with van der Waals surface area (Å²) in [6, 6.07) is 0. The first-order chi connectivity index (χ1) is 35.2. The monoisotopic (exact) mass is 1030 g/mol. The molecule has 414 valence electrons. The van der Waals surface area contributed by atoms with Crippen LogP contribution in [-0.4, -0.2) is 66.5 Å². The molecule has 0 heterocycles. The van der Waals surface area contributed by atoms with E-state index in [1.165, 1.54) is 51.4 Å². The van der Waals surface area contributed by atoms with E-state index in [2.05, 4.69) is 106 Å². The number of phosphoric acid groups is 1. The highest BCUT2D eigenvalue weighted by Gasteiger charge is 2.28. The number of hydrogen-bond donors (Lipinski definition) is 2. The van der Waals surface area contributed by atoms with Crippen molar-refractivity contribution in [3.05, 3.63) is 85.1 Å². The van der Waals surface area contributed by atoms with Crippen molar-refractivity contribution in [3.63, 3.8) is 0 Å². The van der Waals surface area contributed by atoms with E-state index in [4.69, 9.17) is 23.3 Å². The number of phosphoric ester groups is 1. The minimum atomic E-state index is -4.76. The lowest BCUT2D eigenvalue weighted by Crippen LogP contribution is -2.30. The number of esters is 3. The summed E-state index contributed by atoms with van der Waals surface area (Å²) in [6.07, 6.45) is 61.1. The molecule has 0 aromatic carbocycles. The Morgan fingerprint density at radius 3 is 1.17 bits per heavy atom. The van der Waals surface area contributed by atoms with Gasteiger partial charge in [0, 0.05) is 19.3 Å². The van der Waals surface area contributed by atoms with Crippen LogP contribution >= 0.6 is 7.82 Å². The van der Waals surface area contributed by atoms with Crippen molar-refractivity contribution < 1.29 is 52.2 Å². The van der Waals surface area contributed by atoms with E-state index >= 15 is 0 Å². The first kappa shape index (κ1) is 68.7. The molecule has 2 N–H and O–H groups in total. The van der Waals surface area contributed by atoms with E-state index < -0.39 is 57.8 Å². The number of carbonyl (C=O) groups is 3. The van der Waals surface area contributed by atoms with E-state index in [1.54, 1.807) is 0 Å². The van der Waals surface area contributed by atoms with Crippen LogP contribution in [0.1, 0.15) is 239 Å². The third-order valence-corrected chi connectivity index (χ3v) is 12.7. The minimum absolute atomic E-state index is 0.143. The lowest BCUT2D eigenvalue weighted by molar-refractivity contribution is -0.161. The number of rotatable bonds is 52. The molecule has 0 bridgehead atoms. The van der Waals surface area contributed by atoms with Gasteiger partial charge in [-0.25, -0.2) is 4.57 Å². The van der Waals surface area contributed by atoms with Crippen molar-refractivity contribution >= 4 is 25.7 Å². The fraction of sp³-hybridized carbons (Fsp3) is 0.717. The number of ether oxygens (including phenoxy) is 3. The van der Waals surface area contributed by atoms with Crippen LogP contribution in [0.2, 0.25) is 0 Å². The summed E-state index contributed by atoms with van der Waals surface area (Å²) in [6.45, 7) is 4.42. The summed E-state index contributed by atoms with van der Waals surface area (Å²) in [5, 5.41) is 9.80. The standard InChI is InChI=1S/C60H103O11P/c1-4-7-10-13-16-19-22-25-26-27-28-29-30-33-36-39-42-45-48-51-60(64)71-57(53-67-58(62)49-46-43-40-37-34-31-23-20-17-14-11-8-5-2)55-69-72(65,66)68-54-56(52-61)70-59(63)50-47-44-41-38-35-32-24-21-18-15-12-9-6-3/h8,11,16-17,19-21,24-26,28-29,31,34,56-57,61H,4-7,9-10,12-15,18,22-23,27,30,32-33,35-55H2,1-3H3,(H,65,66)/b11-8-,19-16-,20-17-,24-21-,26-25-,29-28-,34-31-. The van der Waals surface area contributed by atoms with E-state index in [-0.39, 0.29) is 25.9 Å². The van der Waals surface area contributed by atoms with Gasteiger partial charge in [0.15, 0.2) is 6.10 Å². The summed E-state index contributed by atoms with van der Waals surface area (Å²) in [5.74, 6) is -1.53.